The van der Waals surface area contributed by atoms with E-state index in [1.807, 2.05) is 36.4 Å². The molecule has 0 atom stereocenters. The van der Waals surface area contributed by atoms with Crippen LogP contribution >= 0.6 is 15.9 Å². The molecular formula is C18H15BrN2. The molecule has 3 aromatic rings. The van der Waals surface area contributed by atoms with Gasteiger partial charge in [-0.15, -0.1) is 0 Å². The molecule has 0 aromatic heterocycles. The van der Waals surface area contributed by atoms with Crippen molar-refractivity contribution >= 4 is 27.3 Å². The molecule has 3 heteroatoms. The highest BCUT2D eigenvalue weighted by atomic mass is 79.9. The largest absolute Gasteiger partial charge is 0.399 e. The highest BCUT2D eigenvalue weighted by molar-refractivity contribution is 9.10. The Labute approximate surface area is 132 Å². The van der Waals surface area contributed by atoms with E-state index in [0.29, 0.717) is 0 Å². The fourth-order valence-electron chi connectivity index (χ4n) is 2.36. The Balaban J connectivity index is 2.12. The van der Waals surface area contributed by atoms with Crippen LogP contribution in [0.2, 0.25) is 0 Å². The summed E-state index contributed by atoms with van der Waals surface area (Å²) in [4.78, 5) is 0. The van der Waals surface area contributed by atoms with Crippen molar-refractivity contribution in [2.45, 2.75) is 0 Å². The van der Waals surface area contributed by atoms with E-state index in [1.54, 1.807) is 0 Å². The Kier molecular flexibility index (Phi) is 3.67. The Bertz CT molecular complexity index is 733. The van der Waals surface area contributed by atoms with Crippen LogP contribution in [0.5, 0.6) is 0 Å². The highest BCUT2D eigenvalue weighted by Crippen LogP contribution is 2.31. The maximum atomic E-state index is 5.87. The first kappa shape index (κ1) is 13.7. The molecule has 0 unspecified atom stereocenters. The standard InChI is InChI=1S/C18H15BrN2/c19-16-8-14(12-3-1-5-17(20)10-12)7-15(9-16)13-4-2-6-18(21)11-13/h1-11H,20-21H2. The van der Waals surface area contributed by atoms with Crippen molar-refractivity contribution in [3.05, 3.63) is 71.2 Å². The molecule has 0 amide bonds. The molecule has 2 nitrogen and oxygen atoms in total. The van der Waals surface area contributed by atoms with Crippen LogP contribution in [0.1, 0.15) is 0 Å². The predicted octanol–water partition coefficient (Wildman–Crippen LogP) is 4.95. The van der Waals surface area contributed by atoms with E-state index < -0.39 is 0 Å². The molecule has 0 saturated carbocycles. The Hall–Kier alpha value is -2.26. The quantitative estimate of drug-likeness (QED) is 0.649. The Morgan fingerprint density at radius 1 is 0.571 bits per heavy atom. The molecule has 0 bridgehead atoms. The smallest absolute Gasteiger partial charge is 0.0320 e. The van der Waals surface area contributed by atoms with Gasteiger partial charge in [0.2, 0.25) is 0 Å². The van der Waals surface area contributed by atoms with Crippen LogP contribution in [0, 0.1) is 0 Å². The minimum atomic E-state index is 0.762. The second-order valence-corrected chi connectivity index (χ2v) is 5.90. The minimum absolute atomic E-state index is 0.762. The van der Waals surface area contributed by atoms with Gasteiger partial charge in [0.1, 0.15) is 0 Å². The van der Waals surface area contributed by atoms with Gasteiger partial charge in [0.25, 0.3) is 0 Å². The zero-order chi connectivity index (χ0) is 14.8. The molecule has 0 heterocycles. The van der Waals surface area contributed by atoms with Crippen LogP contribution in [-0.2, 0) is 0 Å². The molecule has 0 aliphatic heterocycles. The number of hydrogen-bond acceptors (Lipinski definition) is 2. The summed E-state index contributed by atoms with van der Waals surface area (Å²) >= 11 is 3.58. The predicted molar refractivity (Wildman–Crippen MR) is 93.8 cm³/mol. The highest BCUT2D eigenvalue weighted by Gasteiger charge is 2.05. The van der Waals surface area contributed by atoms with Gasteiger partial charge in [0.05, 0.1) is 0 Å². The van der Waals surface area contributed by atoms with Crippen LogP contribution in [0.4, 0.5) is 11.4 Å². The monoisotopic (exact) mass is 338 g/mol. The molecule has 0 spiro atoms. The third-order valence-electron chi connectivity index (χ3n) is 3.34. The van der Waals surface area contributed by atoms with Crippen LogP contribution in [0.15, 0.2) is 71.2 Å². The minimum Gasteiger partial charge on any atom is -0.399 e. The summed E-state index contributed by atoms with van der Waals surface area (Å²) in [5.41, 5.74) is 17.7. The van der Waals surface area contributed by atoms with E-state index in [1.165, 1.54) is 0 Å². The lowest BCUT2D eigenvalue weighted by Crippen LogP contribution is -1.88. The summed E-state index contributed by atoms with van der Waals surface area (Å²) < 4.78 is 1.03. The first-order valence-electron chi connectivity index (χ1n) is 6.64. The first-order chi connectivity index (χ1) is 10.1. The maximum Gasteiger partial charge on any atom is 0.0320 e. The molecule has 104 valence electrons. The summed E-state index contributed by atoms with van der Waals surface area (Å²) in [7, 11) is 0. The van der Waals surface area contributed by atoms with Crippen molar-refractivity contribution < 1.29 is 0 Å². The van der Waals surface area contributed by atoms with E-state index in [9.17, 15) is 0 Å². The number of nitrogen functional groups attached to an aromatic ring is 2. The third-order valence-corrected chi connectivity index (χ3v) is 3.80. The molecule has 0 aliphatic rings. The van der Waals surface area contributed by atoms with Crippen molar-refractivity contribution in [2.75, 3.05) is 11.5 Å². The van der Waals surface area contributed by atoms with Crippen molar-refractivity contribution in [1.82, 2.24) is 0 Å². The van der Waals surface area contributed by atoms with E-state index in [0.717, 1.165) is 38.1 Å². The Morgan fingerprint density at radius 2 is 1.05 bits per heavy atom. The van der Waals surface area contributed by atoms with Crippen LogP contribution in [0.3, 0.4) is 0 Å². The molecule has 3 aromatic carbocycles. The van der Waals surface area contributed by atoms with Gasteiger partial charge in [0.15, 0.2) is 0 Å². The van der Waals surface area contributed by atoms with Gasteiger partial charge in [0, 0.05) is 15.8 Å². The number of rotatable bonds is 2. The fourth-order valence-corrected chi connectivity index (χ4v) is 2.85. The van der Waals surface area contributed by atoms with Gasteiger partial charge in [-0.25, -0.2) is 0 Å². The van der Waals surface area contributed by atoms with Crippen LogP contribution in [-0.4, -0.2) is 0 Å². The summed E-state index contributed by atoms with van der Waals surface area (Å²) in [6, 6.07) is 22.1. The van der Waals surface area contributed by atoms with Crippen molar-refractivity contribution in [3.8, 4) is 22.3 Å². The maximum absolute atomic E-state index is 5.87. The molecule has 0 fully saturated rings. The van der Waals surface area contributed by atoms with Crippen LogP contribution in [0.25, 0.3) is 22.3 Å². The van der Waals surface area contributed by atoms with Crippen LogP contribution < -0.4 is 11.5 Å². The summed E-state index contributed by atoms with van der Waals surface area (Å²) in [6.45, 7) is 0. The van der Waals surface area contributed by atoms with Gasteiger partial charge in [-0.05, 0) is 64.7 Å². The molecule has 21 heavy (non-hydrogen) atoms. The lowest BCUT2D eigenvalue weighted by atomic mass is 9.98. The van der Waals surface area contributed by atoms with Crippen molar-refractivity contribution in [2.24, 2.45) is 0 Å². The summed E-state index contributed by atoms with van der Waals surface area (Å²) in [5.74, 6) is 0. The van der Waals surface area contributed by atoms with Gasteiger partial charge >= 0.3 is 0 Å². The average molecular weight is 339 g/mol. The normalized spacial score (nSPS) is 10.5. The van der Waals surface area contributed by atoms with Gasteiger partial charge < -0.3 is 11.5 Å². The number of nitrogens with two attached hydrogens (primary N) is 2. The van der Waals surface area contributed by atoms with E-state index in [4.69, 9.17) is 11.5 Å². The molecule has 0 radical (unpaired) electrons. The summed E-state index contributed by atoms with van der Waals surface area (Å²) in [5, 5.41) is 0. The number of hydrogen-bond donors (Lipinski definition) is 2. The summed E-state index contributed by atoms with van der Waals surface area (Å²) in [6.07, 6.45) is 0. The second-order valence-electron chi connectivity index (χ2n) is 4.98. The SMILES string of the molecule is Nc1cccc(-c2cc(Br)cc(-c3cccc(N)c3)c2)c1. The lowest BCUT2D eigenvalue weighted by molar-refractivity contribution is 1.56. The van der Waals surface area contributed by atoms with Gasteiger partial charge in [-0.1, -0.05) is 40.2 Å². The molecule has 3 rings (SSSR count). The first-order valence-corrected chi connectivity index (χ1v) is 7.43. The fraction of sp³-hybridized carbons (Fsp3) is 0. The van der Waals surface area contributed by atoms with Gasteiger partial charge in [-0.3, -0.25) is 0 Å². The average Bonchev–Trinajstić information content (AvgIpc) is 2.46. The number of anilines is 2. The lowest BCUT2D eigenvalue weighted by Gasteiger charge is -2.09. The number of benzene rings is 3. The molecular weight excluding hydrogens is 324 g/mol. The molecule has 0 aliphatic carbocycles. The second kappa shape index (κ2) is 5.62. The van der Waals surface area contributed by atoms with E-state index in [-0.39, 0.29) is 0 Å². The Morgan fingerprint density at radius 3 is 1.48 bits per heavy atom. The van der Waals surface area contributed by atoms with Crippen molar-refractivity contribution in [3.63, 3.8) is 0 Å². The number of halogens is 1. The van der Waals surface area contributed by atoms with E-state index >= 15 is 0 Å². The molecule has 0 saturated heterocycles. The topological polar surface area (TPSA) is 52.0 Å². The van der Waals surface area contributed by atoms with Gasteiger partial charge in [-0.2, -0.15) is 0 Å². The third kappa shape index (κ3) is 3.09. The zero-order valence-corrected chi connectivity index (χ0v) is 13.0. The van der Waals surface area contributed by atoms with Crippen molar-refractivity contribution in [1.29, 1.82) is 0 Å². The van der Waals surface area contributed by atoms with E-state index in [2.05, 4.69) is 46.3 Å². The zero-order valence-electron chi connectivity index (χ0n) is 11.4. The molecule has 4 N–H and O–H groups in total.